The van der Waals surface area contributed by atoms with Gasteiger partial charge in [0.2, 0.25) is 0 Å². The third kappa shape index (κ3) is 38.8. The van der Waals surface area contributed by atoms with E-state index in [1.54, 1.807) is 0 Å². The molecule has 0 radical (unpaired) electrons. The number of nitrogens with one attached hydrogen (secondary N) is 2. The molecule has 0 saturated heterocycles. The molecule has 0 heterocycles. The second-order valence-electron chi connectivity index (χ2n) is 0.500. The molecule has 0 aromatic rings. The van der Waals surface area contributed by atoms with Gasteiger partial charge in [-0.1, -0.05) is 0 Å². The van der Waals surface area contributed by atoms with Gasteiger partial charge in [0.05, 0.1) is 0 Å². The molecule has 0 aliphatic rings. The summed E-state index contributed by atoms with van der Waals surface area (Å²) in [7, 11) is 0. The van der Waals surface area contributed by atoms with E-state index in [1.165, 1.54) is 0 Å². The first-order valence-electron chi connectivity index (χ1n) is 1.21. The molecule has 48 valence electrons. The van der Waals surface area contributed by atoms with Crippen molar-refractivity contribution in [2.75, 3.05) is 13.1 Å². The molecule has 0 saturated carbocycles. The minimum absolute atomic E-state index is 0. The Hall–Kier alpha value is 1.30. The summed E-state index contributed by atoms with van der Waals surface area (Å²) < 4.78 is 0. The topological polar surface area (TPSA) is 77.6 Å². The van der Waals surface area contributed by atoms with Crippen molar-refractivity contribution >= 4 is 0 Å². The summed E-state index contributed by atoms with van der Waals surface area (Å²) in [6.45, 7) is 0.472. The predicted molar refractivity (Wildman–Crippen MR) is 20.3 cm³/mol. The van der Waals surface area contributed by atoms with Gasteiger partial charge in [-0.05, 0) is 0 Å². The van der Waals surface area contributed by atoms with Crippen molar-refractivity contribution in [2.45, 2.75) is 0 Å². The Kier molecular flexibility index (Phi) is 91.0. The zero-order valence-corrected chi connectivity index (χ0v) is 7.99. The van der Waals surface area contributed by atoms with Crippen molar-refractivity contribution in [1.82, 2.24) is 0 Å². The number of hydrogen-bond donors (Lipinski definition) is 0. The molecule has 0 bridgehead atoms. The van der Waals surface area contributed by atoms with Crippen LogP contribution in [0, 0.1) is 0 Å². The van der Waals surface area contributed by atoms with Crippen LogP contribution in [0.25, 0.3) is 11.5 Å². The van der Waals surface area contributed by atoms with Crippen LogP contribution < -0.4 is 24.0 Å². The van der Waals surface area contributed by atoms with Crippen molar-refractivity contribution in [3.05, 3.63) is 11.5 Å². The maximum absolute atomic E-state index is 6.26. The summed E-state index contributed by atoms with van der Waals surface area (Å²) in [5.74, 6) is 0. The summed E-state index contributed by atoms with van der Waals surface area (Å²) in [6, 6.07) is 0. The van der Waals surface area contributed by atoms with Crippen LogP contribution in [-0.4, -0.2) is 18.6 Å². The molecular weight excluding hydrogens is 390 g/mol. The third-order valence-electron chi connectivity index (χ3n) is 0.125. The summed E-state index contributed by atoms with van der Waals surface area (Å²) in [5.41, 5.74) is 12.5. The Morgan fingerprint density at radius 3 is 1.14 bits per heavy atom. The Labute approximate surface area is 74.8 Å². The molecule has 0 rings (SSSR count). The molecule has 3 N–H and O–H groups in total. The Morgan fingerprint density at radius 1 is 1.00 bits per heavy atom. The Morgan fingerprint density at radius 2 is 1.14 bits per heavy atom. The van der Waals surface area contributed by atoms with E-state index in [2.05, 4.69) is 0 Å². The second-order valence-corrected chi connectivity index (χ2v) is 0.500. The first-order chi connectivity index (χ1) is 1.91. The quantitative estimate of drug-likeness (QED) is 0.468. The molecule has 0 atom stereocenters. The average molecular weight is 397 g/mol. The van der Waals surface area contributed by atoms with E-state index in [4.69, 9.17) is 11.5 Å². The molecule has 0 spiro atoms. The first-order valence-corrected chi connectivity index (χ1v) is 1.21. The van der Waals surface area contributed by atoms with E-state index < -0.39 is 0 Å². The number of rotatable bonds is 1. The molecule has 3 nitrogen and oxygen atoms in total. The predicted octanol–water partition coefficient (Wildman–Crippen LogP) is -2.08. The zero-order chi connectivity index (χ0) is 3.41. The summed E-state index contributed by atoms with van der Waals surface area (Å²) in [5, 5.41) is 0. The fourth-order valence-corrected chi connectivity index (χ4v) is 0. The number of hydrogen-bond acceptors (Lipinski definition) is 1. The molecule has 5 heteroatoms. The van der Waals surface area contributed by atoms with E-state index in [9.17, 15) is 0 Å². The van der Waals surface area contributed by atoms with Crippen LogP contribution in [0.3, 0.4) is 0 Å². The van der Waals surface area contributed by atoms with E-state index in [-0.39, 0.29) is 63.6 Å². The minimum atomic E-state index is 0. The molecule has 0 amide bonds. The van der Waals surface area contributed by atoms with Gasteiger partial charge in [-0.3, -0.25) is 0 Å². The van der Waals surface area contributed by atoms with Crippen LogP contribution in [0.1, 0.15) is 0 Å². The molecule has 0 unspecified atom stereocenters. The van der Waals surface area contributed by atoms with Crippen molar-refractivity contribution in [2.24, 2.45) is 0 Å². The molecule has 0 aliphatic carbocycles. The van der Waals surface area contributed by atoms with Gasteiger partial charge >= 0.3 is 21.1 Å². The normalized spacial score (nSPS) is 4.29. The zero-order valence-electron chi connectivity index (χ0n) is 3.56. The van der Waals surface area contributed by atoms with Crippen LogP contribution in [0.2, 0.25) is 0 Å². The maximum Gasteiger partial charge on any atom is 4.00 e. The molecule has 0 fully saturated rings. The van der Waals surface area contributed by atoms with Crippen molar-refractivity contribution in [1.29, 1.82) is 0 Å². The van der Waals surface area contributed by atoms with Crippen LogP contribution in [0.15, 0.2) is 0 Å². The van der Waals surface area contributed by atoms with Gasteiger partial charge in [-0.25, -0.2) is 0 Å². The number of halogens is 1. The largest absolute Gasteiger partial charge is 4.00 e. The van der Waals surface area contributed by atoms with Gasteiger partial charge in [-0.15, -0.1) is 0 Å². The van der Waals surface area contributed by atoms with E-state index in [0.29, 0.717) is 0 Å². The van der Waals surface area contributed by atoms with Crippen molar-refractivity contribution in [3.63, 3.8) is 0 Å². The molecule has 7 heavy (non-hydrogen) atoms. The molecule has 0 aliphatic heterocycles. The van der Waals surface area contributed by atoms with Gasteiger partial charge in [0.15, 0.2) is 0 Å². The Balaban J connectivity index is -0.0000000150. The third-order valence-corrected chi connectivity index (χ3v) is 0.125. The monoisotopic (exact) mass is 397 g/mol. The maximum atomic E-state index is 6.26. The SMILES string of the molecule is [I-].[NH-]CC[NH-].[OH-].[Pt+4]. The first kappa shape index (κ1) is 23.9. The van der Waals surface area contributed by atoms with Gasteiger partial charge < -0.3 is 40.9 Å². The van der Waals surface area contributed by atoms with Gasteiger partial charge in [0, 0.05) is 0 Å². The summed E-state index contributed by atoms with van der Waals surface area (Å²) in [4.78, 5) is 0. The van der Waals surface area contributed by atoms with Crippen LogP contribution in [0.5, 0.6) is 0 Å². The van der Waals surface area contributed by atoms with E-state index in [0.717, 1.165) is 0 Å². The van der Waals surface area contributed by atoms with Crippen LogP contribution >= 0.6 is 0 Å². The fraction of sp³-hybridized carbons (Fsp3) is 1.00. The van der Waals surface area contributed by atoms with Gasteiger partial charge in [0.1, 0.15) is 0 Å². The van der Waals surface area contributed by atoms with Crippen molar-refractivity contribution < 1.29 is 50.5 Å². The average Bonchev–Trinajstić information content (AvgIpc) is 1.37. The standard InChI is InChI=1S/C2H6N2.HI.H2O.Pt/c3-1-2-4;;;/h3-4H,1-2H2;1H;1H2;/q-2;;;+4/p-2. The second kappa shape index (κ2) is 26.6. The van der Waals surface area contributed by atoms with Crippen LogP contribution in [0.4, 0.5) is 0 Å². The summed E-state index contributed by atoms with van der Waals surface area (Å²) >= 11 is 0. The van der Waals surface area contributed by atoms with Gasteiger partial charge in [-0.2, -0.15) is 13.1 Å². The Bertz CT molecular complexity index is 17.7. The van der Waals surface area contributed by atoms with Gasteiger partial charge in [0.25, 0.3) is 0 Å². The fourth-order valence-electron chi connectivity index (χ4n) is 0. The smallest absolute Gasteiger partial charge is 1.00 e. The van der Waals surface area contributed by atoms with E-state index >= 15 is 0 Å². The molecular formula is C2H7IN2OPt. The van der Waals surface area contributed by atoms with Crippen molar-refractivity contribution in [3.8, 4) is 0 Å². The summed E-state index contributed by atoms with van der Waals surface area (Å²) in [6.07, 6.45) is 0. The van der Waals surface area contributed by atoms with E-state index in [1.807, 2.05) is 0 Å². The minimum Gasteiger partial charge on any atom is -1.00 e. The molecule has 0 aromatic heterocycles. The molecule has 0 aromatic carbocycles. The van der Waals surface area contributed by atoms with Crippen LogP contribution in [-0.2, 0) is 21.1 Å².